The molecule has 1 N–H and O–H groups in total. The van der Waals surface area contributed by atoms with E-state index in [1.807, 2.05) is 6.92 Å². The molecular formula is C16H22FNO4. The molecule has 0 aliphatic rings. The van der Waals surface area contributed by atoms with Gasteiger partial charge in [0, 0.05) is 18.7 Å². The number of carbonyl (C=O) groups is 2. The topological polar surface area (TPSA) is 64.6 Å². The molecule has 2 atom stereocenters. The number of benzene rings is 1. The number of carbonyl (C=O) groups excluding carboxylic acids is 2. The molecule has 122 valence electrons. The number of nitrogens with one attached hydrogen (secondary N) is 1. The van der Waals surface area contributed by atoms with Gasteiger partial charge >= 0.3 is 5.97 Å². The zero-order chi connectivity index (χ0) is 16.7. The molecule has 1 aromatic carbocycles. The summed E-state index contributed by atoms with van der Waals surface area (Å²) >= 11 is 0. The minimum Gasteiger partial charge on any atom is -0.469 e. The first-order valence-corrected chi connectivity index (χ1v) is 7.17. The Balaban J connectivity index is 2.79. The molecular weight excluding hydrogens is 289 g/mol. The highest BCUT2D eigenvalue weighted by Gasteiger charge is 2.16. The lowest BCUT2D eigenvalue weighted by atomic mass is 10.1. The Bertz CT molecular complexity index is 533. The summed E-state index contributed by atoms with van der Waals surface area (Å²) in [6, 6.07) is 4.08. The van der Waals surface area contributed by atoms with Crippen LogP contribution in [0, 0.1) is 11.7 Å². The lowest BCUT2D eigenvalue weighted by Gasteiger charge is -2.14. The van der Waals surface area contributed by atoms with Crippen molar-refractivity contribution in [2.24, 2.45) is 5.92 Å². The zero-order valence-electron chi connectivity index (χ0n) is 13.3. The largest absolute Gasteiger partial charge is 0.469 e. The van der Waals surface area contributed by atoms with Crippen LogP contribution in [0.5, 0.6) is 0 Å². The number of esters is 1. The first-order chi connectivity index (χ1) is 10.4. The Morgan fingerprint density at radius 1 is 1.27 bits per heavy atom. The molecule has 0 unspecified atom stereocenters. The molecule has 0 bridgehead atoms. The van der Waals surface area contributed by atoms with E-state index in [1.54, 1.807) is 19.9 Å². The van der Waals surface area contributed by atoms with Gasteiger partial charge < -0.3 is 14.8 Å². The van der Waals surface area contributed by atoms with Gasteiger partial charge in [0.1, 0.15) is 5.82 Å². The maximum absolute atomic E-state index is 13.7. The zero-order valence-corrected chi connectivity index (χ0v) is 13.3. The van der Waals surface area contributed by atoms with Gasteiger partial charge in [-0.3, -0.25) is 9.59 Å². The quantitative estimate of drug-likeness (QED) is 0.786. The molecule has 0 heterocycles. The van der Waals surface area contributed by atoms with Gasteiger partial charge in [0.05, 0.1) is 19.1 Å². The van der Waals surface area contributed by atoms with E-state index in [1.165, 1.54) is 13.2 Å². The first kappa shape index (κ1) is 18.1. The number of halogens is 1. The summed E-state index contributed by atoms with van der Waals surface area (Å²) in [7, 11) is 1.29. The highest BCUT2D eigenvalue weighted by atomic mass is 19.1. The van der Waals surface area contributed by atoms with E-state index in [2.05, 4.69) is 10.1 Å². The number of hydrogen-bond acceptors (Lipinski definition) is 4. The Morgan fingerprint density at radius 3 is 2.55 bits per heavy atom. The second-order valence-electron chi connectivity index (χ2n) is 5.01. The predicted octanol–water partition coefficient (Wildman–Crippen LogP) is 2.46. The summed E-state index contributed by atoms with van der Waals surface area (Å²) in [5.41, 5.74) is 0.784. The molecule has 0 saturated carbocycles. The molecule has 0 fully saturated rings. The molecule has 1 rings (SSSR count). The normalized spacial score (nSPS) is 13.3. The van der Waals surface area contributed by atoms with Crippen LogP contribution < -0.4 is 5.32 Å². The third-order valence-corrected chi connectivity index (χ3v) is 3.24. The van der Waals surface area contributed by atoms with Crippen LogP contribution in [0.15, 0.2) is 18.2 Å². The van der Waals surface area contributed by atoms with E-state index in [0.29, 0.717) is 12.2 Å². The number of ether oxygens (including phenoxy) is 2. The molecule has 6 heteroatoms. The van der Waals surface area contributed by atoms with Crippen molar-refractivity contribution in [3.63, 3.8) is 0 Å². The summed E-state index contributed by atoms with van der Waals surface area (Å²) in [4.78, 5) is 23.4. The Labute approximate surface area is 129 Å². The van der Waals surface area contributed by atoms with Gasteiger partial charge in [0.15, 0.2) is 0 Å². The molecule has 0 spiro atoms. The summed E-state index contributed by atoms with van der Waals surface area (Å²) < 4.78 is 23.6. The van der Waals surface area contributed by atoms with Gasteiger partial charge in [-0.25, -0.2) is 4.39 Å². The van der Waals surface area contributed by atoms with E-state index in [-0.39, 0.29) is 18.2 Å². The Hall–Kier alpha value is -1.95. The fourth-order valence-electron chi connectivity index (χ4n) is 1.96. The molecule has 1 amide bonds. The number of rotatable bonds is 7. The summed E-state index contributed by atoms with van der Waals surface area (Å²) in [6.45, 7) is 5.89. The molecule has 22 heavy (non-hydrogen) atoms. The van der Waals surface area contributed by atoms with Crippen LogP contribution in [-0.2, 0) is 14.3 Å². The standard InChI is InChI=1S/C16H22FNO4/c1-5-22-11(3)12-6-13(8-14(17)7-12)15(19)18-9-10(2)16(20)21-4/h6-8,10-11H,5,9H2,1-4H3,(H,18,19)/t10-,11+/m1/s1. The van der Waals surface area contributed by atoms with Crippen LogP contribution in [0.2, 0.25) is 0 Å². The number of hydrogen-bond donors (Lipinski definition) is 1. The van der Waals surface area contributed by atoms with Crippen molar-refractivity contribution < 1.29 is 23.5 Å². The molecule has 5 nitrogen and oxygen atoms in total. The third-order valence-electron chi connectivity index (χ3n) is 3.24. The lowest BCUT2D eigenvalue weighted by molar-refractivity contribution is -0.144. The fourth-order valence-corrected chi connectivity index (χ4v) is 1.96. The highest BCUT2D eigenvalue weighted by molar-refractivity contribution is 5.94. The lowest BCUT2D eigenvalue weighted by Crippen LogP contribution is -2.32. The van der Waals surface area contributed by atoms with E-state index >= 15 is 0 Å². The smallest absolute Gasteiger partial charge is 0.310 e. The SMILES string of the molecule is CCO[C@@H](C)c1cc(F)cc(C(=O)NC[C@@H](C)C(=O)OC)c1. The molecule has 0 aliphatic heterocycles. The first-order valence-electron chi connectivity index (χ1n) is 7.17. The van der Waals surface area contributed by atoms with Gasteiger partial charge in [0.25, 0.3) is 5.91 Å². The summed E-state index contributed by atoms with van der Waals surface area (Å²) in [5, 5.41) is 2.59. The fraction of sp³-hybridized carbons (Fsp3) is 0.500. The van der Waals surface area contributed by atoms with Gasteiger partial charge in [-0.2, -0.15) is 0 Å². The van der Waals surface area contributed by atoms with Gasteiger partial charge in [-0.1, -0.05) is 6.92 Å². The van der Waals surface area contributed by atoms with Crippen LogP contribution in [0.25, 0.3) is 0 Å². The van der Waals surface area contributed by atoms with Crippen molar-refractivity contribution in [3.05, 3.63) is 35.1 Å². The average molecular weight is 311 g/mol. The van der Waals surface area contributed by atoms with E-state index < -0.39 is 23.6 Å². The van der Waals surface area contributed by atoms with Crippen LogP contribution in [-0.4, -0.2) is 32.1 Å². The van der Waals surface area contributed by atoms with Crippen molar-refractivity contribution in [1.82, 2.24) is 5.32 Å². The summed E-state index contributed by atoms with van der Waals surface area (Å²) in [5.74, 6) is -1.83. The van der Waals surface area contributed by atoms with Gasteiger partial charge in [0.2, 0.25) is 0 Å². The monoisotopic (exact) mass is 311 g/mol. The highest BCUT2D eigenvalue weighted by Crippen LogP contribution is 2.19. The molecule has 0 aliphatic carbocycles. The summed E-state index contributed by atoms with van der Waals surface area (Å²) in [6.07, 6.45) is -0.304. The Kier molecular flexibility index (Phi) is 6.98. The van der Waals surface area contributed by atoms with Crippen molar-refractivity contribution in [2.75, 3.05) is 20.3 Å². The van der Waals surface area contributed by atoms with Crippen molar-refractivity contribution in [3.8, 4) is 0 Å². The molecule has 0 aromatic heterocycles. The second-order valence-corrected chi connectivity index (χ2v) is 5.01. The molecule has 0 saturated heterocycles. The minimum atomic E-state index is -0.504. The maximum Gasteiger partial charge on any atom is 0.310 e. The van der Waals surface area contributed by atoms with E-state index in [0.717, 1.165) is 6.07 Å². The van der Waals surface area contributed by atoms with Crippen LogP contribution in [0.4, 0.5) is 4.39 Å². The van der Waals surface area contributed by atoms with Crippen LogP contribution in [0.1, 0.15) is 42.8 Å². The van der Waals surface area contributed by atoms with Gasteiger partial charge in [-0.15, -0.1) is 0 Å². The number of methoxy groups -OCH3 is 1. The third kappa shape index (κ3) is 5.11. The molecule has 1 aromatic rings. The Morgan fingerprint density at radius 2 is 1.95 bits per heavy atom. The predicted molar refractivity (Wildman–Crippen MR) is 80.0 cm³/mol. The van der Waals surface area contributed by atoms with E-state index in [9.17, 15) is 14.0 Å². The minimum absolute atomic E-state index is 0.123. The van der Waals surface area contributed by atoms with Crippen molar-refractivity contribution in [2.45, 2.75) is 26.9 Å². The maximum atomic E-state index is 13.7. The van der Waals surface area contributed by atoms with E-state index in [4.69, 9.17) is 4.74 Å². The van der Waals surface area contributed by atoms with Gasteiger partial charge in [-0.05, 0) is 37.6 Å². The average Bonchev–Trinajstić information content (AvgIpc) is 2.50. The van der Waals surface area contributed by atoms with Crippen molar-refractivity contribution in [1.29, 1.82) is 0 Å². The number of amides is 1. The molecule has 0 radical (unpaired) electrons. The van der Waals surface area contributed by atoms with Crippen molar-refractivity contribution >= 4 is 11.9 Å². The van der Waals surface area contributed by atoms with Crippen LogP contribution >= 0.6 is 0 Å². The second kappa shape index (κ2) is 8.48. The van der Waals surface area contributed by atoms with Crippen LogP contribution in [0.3, 0.4) is 0 Å².